The molecular weight excluding hydrogens is 558 g/mol. The second-order valence-corrected chi connectivity index (χ2v) is 14.4. The Morgan fingerprint density at radius 2 is 1.07 bits per heavy atom. The molecule has 0 saturated heterocycles. The summed E-state index contributed by atoms with van der Waals surface area (Å²) in [5.74, 6) is 2.76. The number of hydrogen-bond donors (Lipinski definition) is 1. The third-order valence-corrected chi connectivity index (χ3v) is 11.6. The van der Waals surface area contributed by atoms with E-state index in [0.29, 0.717) is 5.41 Å². The molecule has 4 saturated carbocycles. The molecule has 1 heterocycles. The molecule has 224 valence electrons. The molecule has 1 aromatic heterocycles. The van der Waals surface area contributed by atoms with Gasteiger partial charge in [-0.05, 0) is 125 Å². The van der Waals surface area contributed by atoms with Gasteiger partial charge in [0.1, 0.15) is 11.2 Å². The highest BCUT2D eigenvalue weighted by molar-refractivity contribution is 6.09. The maximum Gasteiger partial charge on any atom is 0.136 e. The van der Waals surface area contributed by atoms with Crippen LogP contribution in [-0.2, 0) is 5.41 Å². The number of rotatable bonds is 5. The maximum atomic E-state index is 6.27. The molecular formula is C44H37NO. The fourth-order valence-electron chi connectivity index (χ4n) is 10.1. The Bertz CT molecular complexity index is 2250. The molecule has 6 aromatic carbocycles. The second-order valence-electron chi connectivity index (χ2n) is 14.4. The third kappa shape index (κ3) is 4.09. The van der Waals surface area contributed by atoms with Crippen molar-refractivity contribution in [1.29, 1.82) is 0 Å². The van der Waals surface area contributed by atoms with Crippen molar-refractivity contribution in [1.82, 2.24) is 0 Å². The van der Waals surface area contributed by atoms with Crippen LogP contribution in [0, 0.1) is 17.8 Å². The van der Waals surface area contributed by atoms with Gasteiger partial charge in [0.25, 0.3) is 0 Å². The standard InChI is InChI=1S/C44H37NO/c1-2-10-34-33(9-1)32(31-17-18-38-37-12-4-8-16-42(37)46-43(38)24-31)19-20-35(34)36-11-3-6-14-40(36)45-41-15-7-5-13-39(41)44-25-28-21-29(26-44)23-30(22-28)27-44/h1-20,24,28-30,45H,21-23,25-27H2. The lowest BCUT2D eigenvalue weighted by Crippen LogP contribution is -2.48. The van der Waals surface area contributed by atoms with Crippen molar-refractivity contribution in [3.8, 4) is 22.3 Å². The zero-order valence-corrected chi connectivity index (χ0v) is 26.0. The molecule has 4 bridgehead atoms. The van der Waals surface area contributed by atoms with Crippen molar-refractivity contribution in [2.45, 2.75) is 43.9 Å². The predicted octanol–water partition coefficient (Wildman–Crippen LogP) is 12.3. The van der Waals surface area contributed by atoms with E-state index in [1.807, 2.05) is 12.1 Å². The van der Waals surface area contributed by atoms with Gasteiger partial charge in [0.05, 0.1) is 0 Å². The van der Waals surface area contributed by atoms with Crippen LogP contribution in [0.1, 0.15) is 44.1 Å². The molecule has 7 aromatic rings. The molecule has 2 nitrogen and oxygen atoms in total. The second kappa shape index (κ2) is 10.1. The highest BCUT2D eigenvalue weighted by atomic mass is 16.3. The molecule has 0 aliphatic heterocycles. The van der Waals surface area contributed by atoms with E-state index in [2.05, 4.69) is 121 Å². The van der Waals surface area contributed by atoms with Crippen LogP contribution >= 0.6 is 0 Å². The van der Waals surface area contributed by atoms with Gasteiger partial charge in [-0.2, -0.15) is 0 Å². The molecule has 0 amide bonds. The van der Waals surface area contributed by atoms with E-state index in [0.717, 1.165) is 39.7 Å². The lowest BCUT2D eigenvalue weighted by atomic mass is 9.48. The lowest BCUT2D eigenvalue weighted by Gasteiger charge is -2.57. The highest BCUT2D eigenvalue weighted by Crippen LogP contribution is 2.61. The summed E-state index contributed by atoms with van der Waals surface area (Å²) in [6, 6.07) is 46.5. The van der Waals surface area contributed by atoms with Gasteiger partial charge in [-0.1, -0.05) is 97.1 Å². The summed E-state index contributed by atoms with van der Waals surface area (Å²) in [4.78, 5) is 0. The monoisotopic (exact) mass is 595 g/mol. The number of para-hydroxylation sites is 3. The van der Waals surface area contributed by atoms with E-state index in [9.17, 15) is 0 Å². The summed E-state index contributed by atoms with van der Waals surface area (Å²) >= 11 is 0. The lowest BCUT2D eigenvalue weighted by molar-refractivity contribution is -0.00484. The Kier molecular flexibility index (Phi) is 5.79. The SMILES string of the molecule is c1ccc(-c2ccc(-c3ccc4c(c3)oc3ccccc34)c3ccccc23)c(Nc2ccccc2C23CC4CC(CC(C4)C2)C3)c1. The zero-order chi connectivity index (χ0) is 30.2. The number of hydrogen-bond acceptors (Lipinski definition) is 2. The van der Waals surface area contributed by atoms with Crippen LogP contribution in [0.5, 0.6) is 0 Å². The normalized spacial score (nSPS) is 23.4. The van der Waals surface area contributed by atoms with E-state index in [-0.39, 0.29) is 0 Å². The van der Waals surface area contributed by atoms with Crippen molar-refractivity contribution >= 4 is 44.1 Å². The summed E-state index contributed by atoms with van der Waals surface area (Å²) in [5, 5.41) is 8.83. The van der Waals surface area contributed by atoms with Gasteiger partial charge >= 0.3 is 0 Å². The summed E-state index contributed by atoms with van der Waals surface area (Å²) < 4.78 is 6.27. The van der Waals surface area contributed by atoms with Gasteiger partial charge in [0.15, 0.2) is 0 Å². The summed E-state index contributed by atoms with van der Waals surface area (Å²) in [7, 11) is 0. The number of fused-ring (bicyclic) bond motifs is 4. The first-order chi connectivity index (χ1) is 22.7. The molecule has 0 unspecified atom stereocenters. The van der Waals surface area contributed by atoms with E-state index in [1.54, 1.807) is 5.56 Å². The van der Waals surface area contributed by atoms with Crippen LogP contribution in [0.2, 0.25) is 0 Å². The van der Waals surface area contributed by atoms with E-state index < -0.39 is 0 Å². The van der Waals surface area contributed by atoms with Gasteiger partial charge in [-0.25, -0.2) is 0 Å². The minimum absolute atomic E-state index is 0.336. The molecule has 2 heteroatoms. The average Bonchev–Trinajstić information content (AvgIpc) is 3.46. The molecule has 46 heavy (non-hydrogen) atoms. The van der Waals surface area contributed by atoms with Gasteiger partial charge in [0.2, 0.25) is 0 Å². The number of anilines is 2. The van der Waals surface area contributed by atoms with Crippen LogP contribution in [0.15, 0.2) is 132 Å². The summed E-state index contributed by atoms with van der Waals surface area (Å²) in [5.41, 5.74) is 11.1. The first-order valence-corrected chi connectivity index (χ1v) is 17.1. The Balaban J connectivity index is 1.06. The minimum Gasteiger partial charge on any atom is -0.456 e. The highest BCUT2D eigenvalue weighted by Gasteiger charge is 2.52. The number of benzene rings is 6. The fourth-order valence-corrected chi connectivity index (χ4v) is 10.1. The molecule has 1 N–H and O–H groups in total. The number of nitrogens with one attached hydrogen (secondary N) is 1. The largest absolute Gasteiger partial charge is 0.456 e. The van der Waals surface area contributed by atoms with Crippen molar-refractivity contribution in [3.05, 3.63) is 133 Å². The van der Waals surface area contributed by atoms with Crippen LogP contribution in [0.4, 0.5) is 11.4 Å². The Hall–Kier alpha value is -4.82. The Morgan fingerprint density at radius 3 is 1.85 bits per heavy atom. The molecule has 11 rings (SSSR count). The van der Waals surface area contributed by atoms with E-state index in [1.165, 1.54) is 82.9 Å². The third-order valence-electron chi connectivity index (χ3n) is 11.6. The maximum absolute atomic E-state index is 6.27. The number of furan rings is 1. The van der Waals surface area contributed by atoms with Crippen LogP contribution in [-0.4, -0.2) is 0 Å². The van der Waals surface area contributed by atoms with E-state index >= 15 is 0 Å². The summed E-state index contributed by atoms with van der Waals surface area (Å²) in [6.07, 6.45) is 8.49. The van der Waals surface area contributed by atoms with Crippen molar-refractivity contribution < 1.29 is 4.42 Å². The first-order valence-electron chi connectivity index (χ1n) is 17.1. The first kappa shape index (κ1) is 26.4. The molecule has 0 radical (unpaired) electrons. The molecule has 4 aliphatic carbocycles. The Morgan fingerprint density at radius 1 is 0.478 bits per heavy atom. The van der Waals surface area contributed by atoms with Gasteiger partial charge in [-0.3, -0.25) is 0 Å². The smallest absolute Gasteiger partial charge is 0.136 e. The molecule has 0 atom stereocenters. The van der Waals surface area contributed by atoms with Crippen LogP contribution < -0.4 is 5.32 Å². The predicted molar refractivity (Wildman–Crippen MR) is 192 cm³/mol. The van der Waals surface area contributed by atoms with Gasteiger partial charge in [-0.15, -0.1) is 0 Å². The van der Waals surface area contributed by atoms with E-state index in [4.69, 9.17) is 4.42 Å². The summed E-state index contributed by atoms with van der Waals surface area (Å²) in [6.45, 7) is 0. The zero-order valence-electron chi connectivity index (χ0n) is 26.0. The quantitative estimate of drug-likeness (QED) is 0.214. The Labute approximate surface area is 270 Å². The molecule has 4 fully saturated rings. The fraction of sp³-hybridized carbons (Fsp3) is 0.227. The van der Waals surface area contributed by atoms with Crippen LogP contribution in [0.25, 0.3) is 55.0 Å². The molecule has 0 spiro atoms. The topological polar surface area (TPSA) is 25.2 Å². The minimum atomic E-state index is 0.336. The van der Waals surface area contributed by atoms with Gasteiger partial charge in [0, 0.05) is 27.7 Å². The van der Waals surface area contributed by atoms with Gasteiger partial charge < -0.3 is 9.73 Å². The van der Waals surface area contributed by atoms with Crippen LogP contribution in [0.3, 0.4) is 0 Å². The molecule has 4 aliphatic rings. The van der Waals surface area contributed by atoms with Crippen molar-refractivity contribution in [3.63, 3.8) is 0 Å². The van der Waals surface area contributed by atoms with Crippen molar-refractivity contribution in [2.24, 2.45) is 17.8 Å². The average molecular weight is 596 g/mol. The van der Waals surface area contributed by atoms with Crippen molar-refractivity contribution in [2.75, 3.05) is 5.32 Å².